The van der Waals surface area contributed by atoms with Crippen LogP contribution in [0, 0.1) is 5.92 Å². The predicted octanol–water partition coefficient (Wildman–Crippen LogP) is 3.53. The van der Waals surface area contributed by atoms with Crippen LogP contribution in [0.15, 0.2) is 60.7 Å². The first-order chi connectivity index (χ1) is 11.4. The van der Waals surface area contributed by atoms with E-state index in [0.717, 1.165) is 12.6 Å². The van der Waals surface area contributed by atoms with E-state index in [9.17, 15) is 0 Å². The smallest absolute Gasteiger partial charge is 0.0208 e. The summed E-state index contributed by atoms with van der Waals surface area (Å²) in [6.07, 6.45) is 5.13. The van der Waals surface area contributed by atoms with Crippen LogP contribution in [0.5, 0.6) is 0 Å². The predicted molar refractivity (Wildman–Crippen MR) is 95.3 cm³/mol. The largest absolute Gasteiger partial charge is 0.311 e. The molecule has 0 spiro atoms. The minimum atomic E-state index is 0.620. The van der Waals surface area contributed by atoms with Gasteiger partial charge in [0.1, 0.15) is 0 Å². The van der Waals surface area contributed by atoms with E-state index in [4.69, 9.17) is 0 Å². The molecule has 2 aliphatic rings. The Morgan fingerprint density at radius 1 is 0.870 bits per heavy atom. The van der Waals surface area contributed by atoms with Gasteiger partial charge in [0, 0.05) is 24.7 Å². The second-order valence-electron chi connectivity index (χ2n) is 7.11. The van der Waals surface area contributed by atoms with Gasteiger partial charge >= 0.3 is 0 Å². The summed E-state index contributed by atoms with van der Waals surface area (Å²) in [6.45, 7) is 0.982. The number of hydrogen-bond donors (Lipinski definition) is 2. The molecule has 0 saturated carbocycles. The standard InChI is InChI=1S/C21H26N2/c1-3-7-16(8-4-1)13-19-20-12-11-18(23-20)14-21(19)22-15-17-9-5-2-6-10-17/h1-10,18-23H,11-15H2. The third kappa shape index (κ3) is 3.49. The lowest BCUT2D eigenvalue weighted by molar-refractivity contribution is 0.214. The summed E-state index contributed by atoms with van der Waals surface area (Å²) in [5.74, 6) is 0.694. The number of fused-ring (bicyclic) bond motifs is 2. The highest BCUT2D eigenvalue weighted by Gasteiger charge is 2.40. The number of hydrogen-bond acceptors (Lipinski definition) is 2. The van der Waals surface area contributed by atoms with Crippen LogP contribution in [0.3, 0.4) is 0 Å². The molecule has 2 bridgehead atoms. The molecule has 2 aromatic carbocycles. The molecule has 0 amide bonds. The average molecular weight is 306 g/mol. The highest BCUT2D eigenvalue weighted by molar-refractivity contribution is 5.18. The van der Waals surface area contributed by atoms with Gasteiger partial charge in [-0.05, 0) is 42.7 Å². The van der Waals surface area contributed by atoms with Crippen molar-refractivity contribution in [2.75, 3.05) is 0 Å². The van der Waals surface area contributed by atoms with Gasteiger partial charge in [0.05, 0.1) is 0 Å². The van der Waals surface area contributed by atoms with E-state index in [2.05, 4.69) is 71.3 Å². The molecular formula is C21H26N2. The molecule has 23 heavy (non-hydrogen) atoms. The lowest BCUT2D eigenvalue weighted by atomic mass is 9.82. The van der Waals surface area contributed by atoms with Crippen molar-refractivity contribution in [2.45, 2.75) is 50.4 Å². The third-order valence-corrected chi connectivity index (χ3v) is 5.57. The van der Waals surface area contributed by atoms with Crippen LogP contribution >= 0.6 is 0 Å². The Bertz CT molecular complexity index is 610. The Balaban J connectivity index is 1.46. The highest BCUT2D eigenvalue weighted by Crippen LogP contribution is 2.34. The molecule has 4 rings (SSSR count). The molecule has 2 aliphatic heterocycles. The van der Waals surface area contributed by atoms with Crippen molar-refractivity contribution in [3.63, 3.8) is 0 Å². The highest BCUT2D eigenvalue weighted by atomic mass is 15.1. The Kier molecular flexibility index (Phi) is 4.45. The molecular weight excluding hydrogens is 280 g/mol. The molecule has 4 atom stereocenters. The first kappa shape index (κ1) is 14.9. The van der Waals surface area contributed by atoms with Crippen LogP contribution in [-0.4, -0.2) is 18.1 Å². The zero-order valence-corrected chi connectivity index (χ0v) is 13.6. The van der Waals surface area contributed by atoms with E-state index in [1.54, 1.807) is 0 Å². The number of rotatable bonds is 5. The molecule has 4 unspecified atom stereocenters. The molecule has 2 heteroatoms. The van der Waals surface area contributed by atoms with Crippen LogP contribution in [0.1, 0.15) is 30.4 Å². The average Bonchev–Trinajstić information content (AvgIpc) is 3.01. The molecule has 0 aromatic heterocycles. The van der Waals surface area contributed by atoms with Crippen LogP contribution in [-0.2, 0) is 13.0 Å². The third-order valence-electron chi connectivity index (χ3n) is 5.57. The summed E-state index contributed by atoms with van der Waals surface area (Å²) >= 11 is 0. The monoisotopic (exact) mass is 306 g/mol. The first-order valence-corrected chi connectivity index (χ1v) is 8.96. The molecule has 2 fully saturated rings. The molecule has 2 aromatic rings. The van der Waals surface area contributed by atoms with Crippen molar-refractivity contribution in [3.05, 3.63) is 71.8 Å². The molecule has 0 aliphatic carbocycles. The van der Waals surface area contributed by atoms with Crippen molar-refractivity contribution in [2.24, 2.45) is 5.92 Å². The molecule has 0 radical (unpaired) electrons. The Morgan fingerprint density at radius 3 is 2.30 bits per heavy atom. The normalized spacial score (nSPS) is 29.6. The maximum atomic E-state index is 3.87. The van der Waals surface area contributed by atoms with Crippen LogP contribution in [0.25, 0.3) is 0 Å². The summed E-state index contributed by atoms with van der Waals surface area (Å²) in [6, 6.07) is 23.8. The van der Waals surface area contributed by atoms with E-state index in [1.807, 2.05) is 0 Å². The summed E-state index contributed by atoms with van der Waals surface area (Å²) in [5.41, 5.74) is 2.85. The summed E-state index contributed by atoms with van der Waals surface area (Å²) in [4.78, 5) is 0. The van der Waals surface area contributed by atoms with Crippen molar-refractivity contribution in [1.29, 1.82) is 0 Å². The number of benzene rings is 2. The second-order valence-corrected chi connectivity index (χ2v) is 7.11. The van der Waals surface area contributed by atoms with Gasteiger partial charge in [-0.3, -0.25) is 0 Å². The van der Waals surface area contributed by atoms with Gasteiger partial charge in [-0.2, -0.15) is 0 Å². The zero-order valence-electron chi connectivity index (χ0n) is 13.6. The molecule has 2 saturated heterocycles. The minimum absolute atomic E-state index is 0.620. The van der Waals surface area contributed by atoms with Crippen LogP contribution < -0.4 is 10.6 Å². The Morgan fingerprint density at radius 2 is 1.57 bits per heavy atom. The first-order valence-electron chi connectivity index (χ1n) is 8.96. The minimum Gasteiger partial charge on any atom is -0.311 e. The Hall–Kier alpha value is -1.64. The van der Waals surface area contributed by atoms with Gasteiger partial charge in [-0.15, -0.1) is 0 Å². The fourth-order valence-electron chi connectivity index (χ4n) is 4.39. The SMILES string of the molecule is c1ccc(CNC2CC3CCC(N3)C2Cc2ccccc2)cc1. The lowest BCUT2D eigenvalue weighted by Crippen LogP contribution is -2.54. The van der Waals surface area contributed by atoms with E-state index in [-0.39, 0.29) is 0 Å². The summed E-state index contributed by atoms with van der Waals surface area (Å²) in [5, 5.41) is 7.72. The maximum Gasteiger partial charge on any atom is 0.0208 e. The maximum absolute atomic E-state index is 3.87. The molecule has 2 N–H and O–H groups in total. The fourth-order valence-corrected chi connectivity index (χ4v) is 4.39. The lowest BCUT2D eigenvalue weighted by Gasteiger charge is -2.38. The van der Waals surface area contributed by atoms with Crippen molar-refractivity contribution in [1.82, 2.24) is 10.6 Å². The molecule has 120 valence electrons. The van der Waals surface area contributed by atoms with Crippen molar-refractivity contribution < 1.29 is 0 Å². The van der Waals surface area contributed by atoms with Gasteiger partial charge in [-0.25, -0.2) is 0 Å². The van der Waals surface area contributed by atoms with Crippen LogP contribution in [0.4, 0.5) is 0 Å². The molecule has 2 heterocycles. The molecule has 2 nitrogen and oxygen atoms in total. The zero-order chi connectivity index (χ0) is 15.5. The van der Waals surface area contributed by atoms with E-state index < -0.39 is 0 Å². The number of piperidine rings is 1. The van der Waals surface area contributed by atoms with Gasteiger partial charge in [0.15, 0.2) is 0 Å². The van der Waals surface area contributed by atoms with Crippen molar-refractivity contribution in [3.8, 4) is 0 Å². The quantitative estimate of drug-likeness (QED) is 0.883. The van der Waals surface area contributed by atoms with Gasteiger partial charge in [-0.1, -0.05) is 60.7 Å². The van der Waals surface area contributed by atoms with Crippen molar-refractivity contribution >= 4 is 0 Å². The van der Waals surface area contributed by atoms with Gasteiger partial charge in [0.2, 0.25) is 0 Å². The number of nitrogens with one attached hydrogen (secondary N) is 2. The summed E-state index contributed by atoms with van der Waals surface area (Å²) < 4.78 is 0. The van der Waals surface area contributed by atoms with Crippen LogP contribution in [0.2, 0.25) is 0 Å². The summed E-state index contributed by atoms with van der Waals surface area (Å²) in [7, 11) is 0. The second kappa shape index (κ2) is 6.86. The fraction of sp³-hybridized carbons (Fsp3) is 0.429. The Labute approximate surface area is 139 Å². The van der Waals surface area contributed by atoms with E-state index in [0.29, 0.717) is 18.0 Å². The van der Waals surface area contributed by atoms with E-state index >= 15 is 0 Å². The topological polar surface area (TPSA) is 24.1 Å². The van der Waals surface area contributed by atoms with E-state index in [1.165, 1.54) is 36.8 Å². The van der Waals surface area contributed by atoms with Gasteiger partial charge < -0.3 is 10.6 Å². The van der Waals surface area contributed by atoms with Gasteiger partial charge in [0.25, 0.3) is 0 Å².